The smallest absolute Gasteiger partial charge is 0.268 e. The minimum atomic E-state index is -0.515. The fourth-order valence-electron chi connectivity index (χ4n) is 3.02. The lowest BCUT2D eigenvalue weighted by Gasteiger charge is -2.11. The average molecular weight is 331 g/mol. The van der Waals surface area contributed by atoms with E-state index < -0.39 is 4.92 Å². The van der Waals surface area contributed by atoms with Gasteiger partial charge in [-0.2, -0.15) is 0 Å². The van der Waals surface area contributed by atoms with E-state index in [2.05, 4.69) is 4.98 Å². The van der Waals surface area contributed by atoms with E-state index in [1.807, 2.05) is 42.5 Å². The number of aromatic nitrogens is 2. The molecule has 0 aliphatic rings. The summed E-state index contributed by atoms with van der Waals surface area (Å²) in [7, 11) is 0. The van der Waals surface area contributed by atoms with Crippen molar-refractivity contribution in [3.05, 3.63) is 87.0 Å². The molecule has 4 aromatic rings. The molecule has 0 saturated heterocycles. The van der Waals surface area contributed by atoms with Gasteiger partial charge in [0.1, 0.15) is 5.82 Å². The van der Waals surface area contributed by atoms with Crippen LogP contribution in [0.2, 0.25) is 0 Å². The molecule has 0 spiro atoms. The zero-order chi connectivity index (χ0) is 17.6. The summed E-state index contributed by atoms with van der Waals surface area (Å²) in [6, 6.07) is 17.7. The molecule has 0 amide bonds. The molecule has 0 N–H and O–H groups in total. The van der Waals surface area contributed by atoms with Crippen molar-refractivity contribution >= 4 is 27.4 Å². The van der Waals surface area contributed by atoms with E-state index in [-0.39, 0.29) is 16.6 Å². The first kappa shape index (κ1) is 15.0. The number of hydrogen-bond acceptors (Lipinski definition) is 4. The van der Waals surface area contributed by atoms with Crippen molar-refractivity contribution in [2.75, 3.05) is 0 Å². The van der Waals surface area contributed by atoms with Crippen molar-refractivity contribution in [1.29, 1.82) is 0 Å². The molecule has 3 aromatic carbocycles. The summed E-state index contributed by atoms with van der Waals surface area (Å²) < 4.78 is 1.48. The maximum Gasteiger partial charge on any atom is 0.270 e. The van der Waals surface area contributed by atoms with Crippen LogP contribution >= 0.6 is 0 Å². The Labute approximate surface area is 142 Å². The lowest BCUT2D eigenvalue weighted by molar-refractivity contribution is -0.384. The molecule has 25 heavy (non-hydrogen) atoms. The highest BCUT2D eigenvalue weighted by Crippen LogP contribution is 2.21. The van der Waals surface area contributed by atoms with E-state index in [0.29, 0.717) is 17.0 Å². The molecule has 4 rings (SSSR count). The highest BCUT2D eigenvalue weighted by molar-refractivity contribution is 5.85. The Hall–Kier alpha value is -3.54. The van der Waals surface area contributed by atoms with Crippen LogP contribution in [0.3, 0.4) is 0 Å². The van der Waals surface area contributed by atoms with Crippen LogP contribution in [0.25, 0.3) is 27.4 Å². The van der Waals surface area contributed by atoms with E-state index in [0.717, 1.165) is 10.8 Å². The molecule has 122 valence electrons. The van der Waals surface area contributed by atoms with Crippen LogP contribution in [-0.4, -0.2) is 14.5 Å². The van der Waals surface area contributed by atoms with E-state index in [1.165, 1.54) is 22.8 Å². The molecule has 0 radical (unpaired) electrons. The second kappa shape index (κ2) is 5.52. The minimum Gasteiger partial charge on any atom is -0.268 e. The SMILES string of the molecule is Cc1nc2ccc([N+](=O)[O-])cc2c(=O)n1-c1ccc2ccccc2c1. The van der Waals surface area contributed by atoms with E-state index in [1.54, 1.807) is 6.92 Å². The second-order valence-electron chi connectivity index (χ2n) is 5.79. The van der Waals surface area contributed by atoms with Crippen molar-refractivity contribution in [3.63, 3.8) is 0 Å². The number of fused-ring (bicyclic) bond motifs is 2. The number of hydrogen-bond donors (Lipinski definition) is 0. The maximum atomic E-state index is 13.0. The van der Waals surface area contributed by atoms with Crippen LogP contribution in [0.1, 0.15) is 5.82 Å². The van der Waals surface area contributed by atoms with Crippen molar-refractivity contribution in [1.82, 2.24) is 9.55 Å². The average Bonchev–Trinajstić information content (AvgIpc) is 2.61. The number of nitro benzene ring substituents is 1. The summed E-state index contributed by atoms with van der Waals surface area (Å²) in [6.07, 6.45) is 0. The lowest BCUT2D eigenvalue weighted by Crippen LogP contribution is -2.22. The molecule has 0 atom stereocenters. The molecule has 0 aliphatic carbocycles. The summed E-state index contributed by atoms with van der Waals surface area (Å²) >= 11 is 0. The number of benzene rings is 3. The molecular weight excluding hydrogens is 318 g/mol. The summed E-state index contributed by atoms with van der Waals surface area (Å²) in [4.78, 5) is 27.9. The summed E-state index contributed by atoms with van der Waals surface area (Å²) in [5, 5.41) is 13.3. The Bertz CT molecular complexity index is 1210. The third-order valence-electron chi connectivity index (χ3n) is 4.22. The Morgan fingerprint density at radius 3 is 2.52 bits per heavy atom. The van der Waals surface area contributed by atoms with Gasteiger partial charge in [0.05, 0.1) is 21.5 Å². The van der Waals surface area contributed by atoms with E-state index >= 15 is 0 Å². The number of non-ortho nitro benzene ring substituents is 1. The van der Waals surface area contributed by atoms with Crippen molar-refractivity contribution in [2.24, 2.45) is 0 Å². The Morgan fingerprint density at radius 2 is 1.76 bits per heavy atom. The monoisotopic (exact) mass is 331 g/mol. The van der Waals surface area contributed by atoms with E-state index in [9.17, 15) is 14.9 Å². The van der Waals surface area contributed by atoms with Gasteiger partial charge in [-0.25, -0.2) is 4.98 Å². The molecule has 6 heteroatoms. The maximum absolute atomic E-state index is 13.0. The standard InChI is InChI=1S/C19H13N3O3/c1-12-20-18-9-8-16(22(24)25)11-17(18)19(23)21(12)15-7-6-13-4-2-3-5-14(13)10-15/h2-11H,1H3. The fourth-order valence-corrected chi connectivity index (χ4v) is 3.02. The van der Waals surface area contributed by atoms with Gasteiger partial charge >= 0.3 is 0 Å². The quantitative estimate of drug-likeness (QED) is 0.414. The fraction of sp³-hybridized carbons (Fsp3) is 0.0526. The molecule has 0 fully saturated rings. The molecule has 0 saturated carbocycles. The first-order valence-electron chi connectivity index (χ1n) is 7.71. The van der Waals surface area contributed by atoms with Gasteiger partial charge in [0.25, 0.3) is 11.2 Å². The zero-order valence-corrected chi connectivity index (χ0v) is 13.3. The summed E-state index contributed by atoms with van der Waals surface area (Å²) in [5.41, 5.74) is 0.689. The third kappa shape index (κ3) is 2.44. The normalized spacial score (nSPS) is 11.1. The summed E-state index contributed by atoms with van der Waals surface area (Å²) in [5.74, 6) is 0.529. The van der Waals surface area contributed by atoms with Gasteiger partial charge in [-0.1, -0.05) is 30.3 Å². The van der Waals surface area contributed by atoms with Crippen molar-refractivity contribution in [2.45, 2.75) is 6.92 Å². The highest BCUT2D eigenvalue weighted by atomic mass is 16.6. The van der Waals surface area contributed by atoms with Crippen molar-refractivity contribution < 1.29 is 4.92 Å². The summed E-state index contributed by atoms with van der Waals surface area (Å²) in [6.45, 7) is 1.75. The second-order valence-corrected chi connectivity index (χ2v) is 5.79. The molecule has 0 aliphatic heterocycles. The first-order valence-corrected chi connectivity index (χ1v) is 7.71. The van der Waals surface area contributed by atoms with Crippen LogP contribution in [-0.2, 0) is 0 Å². The molecule has 0 unspecified atom stereocenters. The van der Waals surface area contributed by atoms with Gasteiger partial charge in [-0.15, -0.1) is 0 Å². The van der Waals surface area contributed by atoms with E-state index in [4.69, 9.17) is 0 Å². The van der Waals surface area contributed by atoms with Gasteiger partial charge in [-0.05, 0) is 35.9 Å². The van der Waals surface area contributed by atoms with Gasteiger partial charge in [0, 0.05) is 12.1 Å². The van der Waals surface area contributed by atoms with Crippen LogP contribution < -0.4 is 5.56 Å². The van der Waals surface area contributed by atoms with Gasteiger partial charge in [0.2, 0.25) is 0 Å². The van der Waals surface area contributed by atoms with Gasteiger partial charge < -0.3 is 0 Å². The van der Waals surface area contributed by atoms with Crippen LogP contribution in [0, 0.1) is 17.0 Å². The first-order chi connectivity index (χ1) is 12.0. The van der Waals surface area contributed by atoms with Crippen LogP contribution in [0.15, 0.2) is 65.5 Å². The molecule has 6 nitrogen and oxygen atoms in total. The number of rotatable bonds is 2. The molecule has 1 aromatic heterocycles. The lowest BCUT2D eigenvalue weighted by atomic mass is 10.1. The number of nitro groups is 1. The van der Waals surface area contributed by atoms with Gasteiger partial charge in [0.15, 0.2) is 0 Å². The highest BCUT2D eigenvalue weighted by Gasteiger charge is 2.14. The largest absolute Gasteiger partial charge is 0.270 e. The van der Waals surface area contributed by atoms with Gasteiger partial charge in [-0.3, -0.25) is 19.5 Å². The Balaban J connectivity index is 2.02. The molecular formula is C19H13N3O3. The number of aryl methyl sites for hydroxylation is 1. The zero-order valence-electron chi connectivity index (χ0n) is 13.3. The Kier molecular flexibility index (Phi) is 3.32. The number of nitrogens with zero attached hydrogens (tertiary/aromatic N) is 3. The van der Waals surface area contributed by atoms with Crippen LogP contribution in [0.4, 0.5) is 5.69 Å². The topological polar surface area (TPSA) is 78.0 Å². The molecule has 0 bridgehead atoms. The predicted octanol–water partition coefficient (Wildman–Crippen LogP) is 3.76. The minimum absolute atomic E-state index is 0.125. The molecule has 1 heterocycles. The third-order valence-corrected chi connectivity index (χ3v) is 4.22. The Morgan fingerprint density at radius 1 is 1.00 bits per heavy atom. The predicted molar refractivity (Wildman–Crippen MR) is 96.2 cm³/mol. The van der Waals surface area contributed by atoms with Crippen LogP contribution in [0.5, 0.6) is 0 Å². The van der Waals surface area contributed by atoms with Crippen molar-refractivity contribution in [3.8, 4) is 5.69 Å².